The monoisotopic (exact) mass is 480 g/mol. The van der Waals surface area contributed by atoms with Gasteiger partial charge in [0.25, 0.3) is 0 Å². The van der Waals surface area contributed by atoms with Crippen molar-refractivity contribution in [2.45, 2.75) is 63.6 Å². The van der Waals surface area contributed by atoms with E-state index in [9.17, 15) is 9.59 Å². The van der Waals surface area contributed by atoms with Gasteiger partial charge in [0.2, 0.25) is 11.8 Å². The van der Waals surface area contributed by atoms with Crippen molar-refractivity contribution < 1.29 is 14.3 Å². The fourth-order valence-electron chi connectivity index (χ4n) is 4.83. The van der Waals surface area contributed by atoms with Crippen molar-refractivity contribution in [3.05, 3.63) is 54.1 Å². The summed E-state index contributed by atoms with van der Waals surface area (Å²) in [6.45, 7) is 2.11. The predicted molar refractivity (Wildman–Crippen MR) is 138 cm³/mol. The Morgan fingerprint density at radius 1 is 1.12 bits per heavy atom. The molecule has 3 N–H and O–H groups in total. The van der Waals surface area contributed by atoms with Crippen LogP contribution in [0, 0.1) is 0 Å². The molecule has 7 nitrogen and oxygen atoms in total. The van der Waals surface area contributed by atoms with Crippen molar-refractivity contribution >= 4 is 40.5 Å². The number of anilines is 2. The second-order valence-electron chi connectivity index (χ2n) is 8.85. The van der Waals surface area contributed by atoms with Gasteiger partial charge in [0.05, 0.1) is 19.6 Å². The minimum absolute atomic E-state index is 0.00283. The standard InChI is InChI=1S/C26H32N4O3S/c1-3-17-11-13-18(14-12-17)28-26(34)30-22-10-5-4-9-21(22)29-25(32)23(30)16-24(31)27-19-7-6-8-20(15-19)33-2/h6-8,11-15,21-23H,3-5,9-10,16H2,1-2H3,(H,27,31)(H,28,34)(H,29,32). The number of fused-ring (bicyclic) bond motifs is 1. The van der Waals surface area contributed by atoms with Crippen molar-refractivity contribution in [3.8, 4) is 5.75 Å². The third-order valence-electron chi connectivity index (χ3n) is 6.63. The smallest absolute Gasteiger partial charge is 0.243 e. The molecule has 8 heteroatoms. The molecule has 1 heterocycles. The number of hydrogen-bond donors (Lipinski definition) is 3. The number of methoxy groups -OCH3 is 1. The molecule has 34 heavy (non-hydrogen) atoms. The summed E-state index contributed by atoms with van der Waals surface area (Å²) in [7, 11) is 1.58. The summed E-state index contributed by atoms with van der Waals surface area (Å²) in [6.07, 6.45) is 4.96. The zero-order valence-corrected chi connectivity index (χ0v) is 20.5. The lowest BCUT2D eigenvalue weighted by atomic mass is 9.85. The molecule has 4 rings (SSSR count). The maximum absolute atomic E-state index is 13.1. The molecule has 0 radical (unpaired) electrons. The summed E-state index contributed by atoms with van der Waals surface area (Å²) in [5, 5.41) is 9.84. The first kappa shape index (κ1) is 24.0. The van der Waals surface area contributed by atoms with Crippen LogP contribution in [0.4, 0.5) is 11.4 Å². The van der Waals surface area contributed by atoms with Gasteiger partial charge in [-0.2, -0.15) is 0 Å². The maximum Gasteiger partial charge on any atom is 0.243 e. The zero-order valence-electron chi connectivity index (χ0n) is 19.7. The van der Waals surface area contributed by atoms with Crippen molar-refractivity contribution in [1.29, 1.82) is 0 Å². The lowest BCUT2D eigenvalue weighted by Gasteiger charge is -2.49. The normalized spacial score (nSPS) is 21.8. The molecule has 2 aliphatic rings. The number of aryl methyl sites for hydroxylation is 1. The number of carbonyl (C=O) groups is 2. The summed E-state index contributed by atoms with van der Waals surface area (Å²) < 4.78 is 5.23. The first-order valence-electron chi connectivity index (χ1n) is 11.9. The van der Waals surface area contributed by atoms with Gasteiger partial charge >= 0.3 is 0 Å². The molecule has 1 aliphatic heterocycles. The molecule has 3 unspecified atom stereocenters. The number of carbonyl (C=O) groups excluding carboxylic acids is 2. The Balaban J connectivity index is 1.53. The highest BCUT2D eigenvalue weighted by molar-refractivity contribution is 7.80. The minimum Gasteiger partial charge on any atom is -0.497 e. The topological polar surface area (TPSA) is 82.7 Å². The van der Waals surface area contributed by atoms with Gasteiger partial charge in [-0.25, -0.2) is 0 Å². The van der Waals surface area contributed by atoms with E-state index in [1.807, 2.05) is 29.2 Å². The first-order valence-corrected chi connectivity index (χ1v) is 12.3. The summed E-state index contributed by atoms with van der Waals surface area (Å²) in [5.41, 5.74) is 2.74. The second kappa shape index (κ2) is 10.9. The maximum atomic E-state index is 13.1. The molecule has 180 valence electrons. The number of nitrogens with one attached hydrogen (secondary N) is 3. The molecule has 0 aromatic heterocycles. The number of hydrogen-bond acceptors (Lipinski definition) is 4. The molecule has 0 spiro atoms. The fourth-order valence-corrected chi connectivity index (χ4v) is 5.21. The largest absolute Gasteiger partial charge is 0.497 e. The second-order valence-corrected chi connectivity index (χ2v) is 9.24. The number of nitrogens with zero attached hydrogens (tertiary/aromatic N) is 1. The summed E-state index contributed by atoms with van der Waals surface area (Å²) >= 11 is 5.82. The zero-order chi connectivity index (χ0) is 24.1. The van der Waals surface area contributed by atoms with Gasteiger partial charge in [-0.1, -0.05) is 38.0 Å². The highest BCUT2D eigenvalue weighted by Crippen LogP contribution is 2.30. The molecule has 1 saturated heterocycles. The van der Waals surface area contributed by atoms with E-state index in [0.717, 1.165) is 37.8 Å². The third-order valence-corrected chi connectivity index (χ3v) is 6.95. The number of thiocarbonyl (C=S) groups is 1. The first-order chi connectivity index (χ1) is 16.5. The predicted octanol–water partition coefficient (Wildman–Crippen LogP) is 4.09. The fraction of sp³-hybridized carbons (Fsp3) is 0.423. The number of amides is 2. The highest BCUT2D eigenvalue weighted by Gasteiger charge is 2.44. The number of piperazine rings is 1. The van der Waals surface area contributed by atoms with Gasteiger partial charge in [-0.3, -0.25) is 9.59 Å². The molecule has 1 aliphatic carbocycles. The lowest BCUT2D eigenvalue weighted by molar-refractivity contribution is -0.134. The number of benzene rings is 2. The Hall–Kier alpha value is -3.13. The minimum atomic E-state index is -0.681. The average molecular weight is 481 g/mol. The molecule has 2 aromatic rings. The van der Waals surface area contributed by atoms with E-state index >= 15 is 0 Å². The van der Waals surface area contributed by atoms with E-state index in [2.05, 4.69) is 35.0 Å². The van der Waals surface area contributed by atoms with Crippen molar-refractivity contribution in [2.75, 3.05) is 17.7 Å². The number of ether oxygens (including phenoxy) is 1. The lowest BCUT2D eigenvalue weighted by Crippen LogP contribution is -2.68. The van der Waals surface area contributed by atoms with Crippen LogP contribution in [0.2, 0.25) is 0 Å². The summed E-state index contributed by atoms with van der Waals surface area (Å²) in [6, 6.07) is 14.7. The molecule has 0 bridgehead atoms. The quantitative estimate of drug-likeness (QED) is 0.540. The molecular weight excluding hydrogens is 448 g/mol. The van der Waals surface area contributed by atoms with Gasteiger partial charge in [-0.05, 0) is 61.3 Å². The Morgan fingerprint density at radius 3 is 2.62 bits per heavy atom. The SMILES string of the molecule is CCc1ccc(NC(=S)N2C(CC(=O)Nc3cccc(OC)c3)C(=O)NC3CCCCC32)cc1. The van der Waals surface area contributed by atoms with Crippen molar-refractivity contribution in [3.63, 3.8) is 0 Å². The molecule has 2 aromatic carbocycles. The van der Waals surface area contributed by atoms with Gasteiger partial charge < -0.3 is 25.6 Å². The van der Waals surface area contributed by atoms with E-state index < -0.39 is 6.04 Å². The number of rotatable bonds is 6. The van der Waals surface area contributed by atoms with Crippen LogP contribution >= 0.6 is 12.2 Å². The van der Waals surface area contributed by atoms with Crippen LogP contribution in [0.1, 0.15) is 44.6 Å². The Morgan fingerprint density at radius 2 is 1.88 bits per heavy atom. The highest BCUT2D eigenvalue weighted by atomic mass is 32.1. The molecule has 2 amide bonds. The summed E-state index contributed by atoms with van der Waals surface area (Å²) in [5.74, 6) is 0.247. The molecule has 3 atom stereocenters. The average Bonchev–Trinajstić information content (AvgIpc) is 2.85. The molecular formula is C26H32N4O3S. The van der Waals surface area contributed by atoms with Crippen LogP contribution in [-0.4, -0.2) is 47.1 Å². The Bertz CT molecular complexity index is 1040. The van der Waals surface area contributed by atoms with Crippen LogP contribution in [0.15, 0.2) is 48.5 Å². The van der Waals surface area contributed by atoms with E-state index in [4.69, 9.17) is 17.0 Å². The molecule has 1 saturated carbocycles. The van der Waals surface area contributed by atoms with E-state index in [1.165, 1.54) is 5.56 Å². The van der Waals surface area contributed by atoms with Crippen LogP contribution in [0.3, 0.4) is 0 Å². The van der Waals surface area contributed by atoms with E-state index in [1.54, 1.807) is 19.2 Å². The van der Waals surface area contributed by atoms with Crippen LogP contribution in [-0.2, 0) is 16.0 Å². The van der Waals surface area contributed by atoms with Gasteiger partial charge in [0.15, 0.2) is 5.11 Å². The van der Waals surface area contributed by atoms with Gasteiger partial charge in [-0.15, -0.1) is 0 Å². The Labute approximate surface area is 206 Å². The van der Waals surface area contributed by atoms with Crippen molar-refractivity contribution in [1.82, 2.24) is 10.2 Å². The van der Waals surface area contributed by atoms with Crippen LogP contribution in [0.5, 0.6) is 5.75 Å². The van der Waals surface area contributed by atoms with Crippen LogP contribution < -0.4 is 20.7 Å². The van der Waals surface area contributed by atoms with E-state index in [-0.39, 0.29) is 30.3 Å². The van der Waals surface area contributed by atoms with Crippen molar-refractivity contribution in [2.24, 2.45) is 0 Å². The van der Waals surface area contributed by atoms with E-state index in [0.29, 0.717) is 16.5 Å². The van der Waals surface area contributed by atoms with Gasteiger partial charge in [0.1, 0.15) is 11.8 Å². The third kappa shape index (κ3) is 5.50. The summed E-state index contributed by atoms with van der Waals surface area (Å²) in [4.78, 5) is 28.1. The van der Waals surface area contributed by atoms with Crippen LogP contribution in [0.25, 0.3) is 0 Å². The molecule has 2 fully saturated rings. The Kier molecular flexibility index (Phi) is 7.67. The van der Waals surface area contributed by atoms with Gasteiger partial charge in [0, 0.05) is 23.5 Å².